The summed E-state index contributed by atoms with van der Waals surface area (Å²) in [6, 6.07) is 9.04. The summed E-state index contributed by atoms with van der Waals surface area (Å²) in [5.74, 6) is 2.05. The van der Waals surface area contributed by atoms with Gasteiger partial charge in [-0.15, -0.1) is 0 Å². The van der Waals surface area contributed by atoms with Gasteiger partial charge in [0.15, 0.2) is 0 Å². The monoisotopic (exact) mass is 341 g/mol. The van der Waals surface area contributed by atoms with Crippen LogP contribution < -0.4 is 10.1 Å². The zero-order chi connectivity index (χ0) is 17.8. The second-order valence-electron chi connectivity index (χ2n) is 6.52. The Labute approximate surface area is 147 Å². The first-order valence-electron chi connectivity index (χ1n) is 8.36. The van der Waals surface area contributed by atoms with Crippen LogP contribution in [0.2, 0.25) is 0 Å². The summed E-state index contributed by atoms with van der Waals surface area (Å²) in [5.41, 5.74) is 2.29. The molecule has 1 saturated carbocycles. The van der Waals surface area contributed by atoms with Crippen LogP contribution in [0.4, 0.5) is 10.5 Å². The minimum absolute atomic E-state index is 0.234. The number of amides is 2. The van der Waals surface area contributed by atoms with Crippen LogP contribution in [0.5, 0.6) is 5.75 Å². The van der Waals surface area contributed by atoms with Crippen molar-refractivity contribution in [3.05, 3.63) is 53.9 Å². The maximum absolute atomic E-state index is 12.4. The summed E-state index contributed by atoms with van der Waals surface area (Å²) >= 11 is 0. The molecule has 1 N–H and O–H groups in total. The van der Waals surface area contributed by atoms with Gasteiger partial charge in [-0.3, -0.25) is 0 Å². The van der Waals surface area contributed by atoms with Crippen LogP contribution in [0.1, 0.15) is 37.1 Å². The van der Waals surface area contributed by atoms with Gasteiger partial charge in [0.05, 0.1) is 12.2 Å². The quantitative estimate of drug-likeness (QED) is 0.768. The van der Waals surface area contributed by atoms with E-state index in [1.54, 1.807) is 18.0 Å². The summed E-state index contributed by atoms with van der Waals surface area (Å²) in [7, 11) is 1.72. The number of carbonyl (C=O) groups excluding carboxylic acids is 1. The van der Waals surface area contributed by atoms with Gasteiger partial charge in [0, 0.05) is 19.0 Å². The van der Waals surface area contributed by atoms with Crippen molar-refractivity contribution >= 4 is 11.7 Å². The number of rotatable bonds is 7. The molecular formula is C19H23N3O3. The first kappa shape index (κ1) is 17.1. The highest BCUT2D eigenvalue weighted by Gasteiger charge is 2.28. The molecule has 0 spiro atoms. The topological polar surface area (TPSA) is 67.6 Å². The maximum atomic E-state index is 12.4. The molecule has 1 aromatic heterocycles. The molecule has 2 aromatic rings. The molecule has 0 radical (unpaired) electrons. The Kier molecular flexibility index (Phi) is 5.07. The molecular weight excluding hydrogens is 318 g/mol. The molecule has 25 heavy (non-hydrogen) atoms. The third-order valence-corrected chi connectivity index (χ3v) is 3.91. The third-order valence-electron chi connectivity index (χ3n) is 3.91. The van der Waals surface area contributed by atoms with Crippen molar-refractivity contribution in [3.63, 3.8) is 0 Å². The van der Waals surface area contributed by atoms with E-state index in [1.165, 1.54) is 0 Å². The molecule has 2 amide bonds. The average molecular weight is 341 g/mol. The SMILES string of the molecule is C=C(C)COc1ccccc1NC(=O)N(C)Cc1cc(C2CC2)on1. The molecule has 1 aromatic carbocycles. The molecule has 0 bridgehead atoms. The molecule has 0 atom stereocenters. The van der Waals surface area contributed by atoms with Crippen LogP contribution in [0.3, 0.4) is 0 Å². The van der Waals surface area contributed by atoms with Gasteiger partial charge < -0.3 is 19.5 Å². The number of nitrogens with zero attached hydrogens (tertiary/aromatic N) is 2. The highest BCUT2D eigenvalue weighted by molar-refractivity contribution is 5.90. The number of aromatic nitrogens is 1. The van der Waals surface area contributed by atoms with E-state index in [9.17, 15) is 4.79 Å². The van der Waals surface area contributed by atoms with Crippen molar-refractivity contribution in [2.24, 2.45) is 0 Å². The van der Waals surface area contributed by atoms with Crippen LogP contribution in [0.15, 0.2) is 47.0 Å². The van der Waals surface area contributed by atoms with E-state index in [0.29, 0.717) is 30.5 Å². The van der Waals surface area contributed by atoms with Crippen molar-refractivity contribution in [1.82, 2.24) is 10.1 Å². The van der Waals surface area contributed by atoms with Crippen LogP contribution >= 0.6 is 0 Å². The third kappa shape index (κ3) is 4.62. The molecule has 6 heteroatoms. The lowest BCUT2D eigenvalue weighted by Crippen LogP contribution is -2.31. The summed E-state index contributed by atoms with van der Waals surface area (Å²) in [5, 5.41) is 6.91. The fourth-order valence-electron chi connectivity index (χ4n) is 2.39. The van der Waals surface area contributed by atoms with Crippen LogP contribution in [-0.2, 0) is 6.54 Å². The van der Waals surface area contributed by atoms with E-state index in [1.807, 2.05) is 31.2 Å². The Bertz CT molecular complexity index is 765. The Hall–Kier alpha value is -2.76. The Morgan fingerprint density at radius 3 is 2.92 bits per heavy atom. The molecule has 0 unspecified atom stereocenters. The summed E-state index contributed by atoms with van der Waals surface area (Å²) < 4.78 is 11.0. The van der Waals surface area contributed by atoms with Gasteiger partial charge in [0.25, 0.3) is 0 Å². The molecule has 1 aliphatic carbocycles. The average Bonchev–Trinajstić information content (AvgIpc) is 3.34. The minimum Gasteiger partial charge on any atom is -0.487 e. The highest BCUT2D eigenvalue weighted by atomic mass is 16.5. The van der Waals surface area contributed by atoms with E-state index < -0.39 is 0 Å². The second-order valence-corrected chi connectivity index (χ2v) is 6.52. The fraction of sp³-hybridized carbons (Fsp3) is 0.368. The van der Waals surface area contributed by atoms with Crippen LogP contribution in [0, 0.1) is 0 Å². The largest absolute Gasteiger partial charge is 0.487 e. The number of nitrogens with one attached hydrogen (secondary N) is 1. The standard InChI is InChI=1S/C19H23N3O3/c1-13(2)12-24-17-7-5-4-6-16(17)20-19(23)22(3)11-15-10-18(25-21-15)14-8-9-14/h4-7,10,14H,1,8-9,11-12H2,2-3H3,(H,20,23). The first-order valence-corrected chi connectivity index (χ1v) is 8.36. The second kappa shape index (κ2) is 7.42. The number of carbonyl (C=O) groups is 1. The van der Waals surface area contributed by atoms with Crippen molar-refractivity contribution in [2.75, 3.05) is 19.0 Å². The summed E-state index contributed by atoms with van der Waals surface area (Å²) in [6.07, 6.45) is 2.32. The predicted octanol–water partition coefficient (Wildman–Crippen LogP) is 4.17. The minimum atomic E-state index is -0.234. The molecule has 1 heterocycles. The zero-order valence-electron chi connectivity index (χ0n) is 14.6. The van der Waals surface area contributed by atoms with Crippen LogP contribution in [0.25, 0.3) is 0 Å². The summed E-state index contributed by atoms with van der Waals surface area (Å²) in [6.45, 7) is 6.50. The predicted molar refractivity (Wildman–Crippen MR) is 95.7 cm³/mol. The number of hydrogen-bond acceptors (Lipinski definition) is 4. The smallest absolute Gasteiger partial charge is 0.322 e. The van der Waals surface area contributed by atoms with E-state index in [-0.39, 0.29) is 6.03 Å². The Balaban J connectivity index is 1.59. The van der Waals surface area contributed by atoms with E-state index in [2.05, 4.69) is 17.1 Å². The van der Waals surface area contributed by atoms with Gasteiger partial charge in [-0.25, -0.2) is 4.79 Å². The van der Waals surface area contributed by atoms with Crippen molar-refractivity contribution in [1.29, 1.82) is 0 Å². The maximum Gasteiger partial charge on any atom is 0.322 e. The number of hydrogen-bond donors (Lipinski definition) is 1. The lowest BCUT2D eigenvalue weighted by molar-refractivity contribution is 0.219. The van der Waals surface area contributed by atoms with E-state index in [0.717, 1.165) is 29.9 Å². The van der Waals surface area contributed by atoms with Crippen molar-refractivity contribution in [3.8, 4) is 5.75 Å². The lowest BCUT2D eigenvalue weighted by Gasteiger charge is -2.18. The molecule has 132 valence electrons. The molecule has 0 aliphatic heterocycles. The van der Waals surface area contributed by atoms with Gasteiger partial charge in [0.1, 0.15) is 23.8 Å². The van der Waals surface area contributed by atoms with Gasteiger partial charge in [-0.05, 0) is 37.5 Å². The van der Waals surface area contributed by atoms with Crippen molar-refractivity contribution in [2.45, 2.75) is 32.2 Å². The molecule has 1 fully saturated rings. The van der Waals surface area contributed by atoms with Gasteiger partial charge in [-0.1, -0.05) is 23.9 Å². The Morgan fingerprint density at radius 2 is 2.20 bits per heavy atom. The number of para-hydroxylation sites is 2. The van der Waals surface area contributed by atoms with Gasteiger partial charge >= 0.3 is 6.03 Å². The van der Waals surface area contributed by atoms with E-state index >= 15 is 0 Å². The fourth-order valence-corrected chi connectivity index (χ4v) is 2.39. The molecule has 0 saturated heterocycles. The molecule has 6 nitrogen and oxygen atoms in total. The van der Waals surface area contributed by atoms with E-state index in [4.69, 9.17) is 9.26 Å². The number of benzene rings is 1. The van der Waals surface area contributed by atoms with Crippen LogP contribution in [-0.4, -0.2) is 29.7 Å². The van der Waals surface area contributed by atoms with Crippen molar-refractivity contribution < 1.29 is 14.1 Å². The highest BCUT2D eigenvalue weighted by Crippen LogP contribution is 2.40. The molecule has 1 aliphatic rings. The summed E-state index contributed by atoms with van der Waals surface area (Å²) in [4.78, 5) is 14.0. The first-order chi connectivity index (χ1) is 12.0. The normalized spacial score (nSPS) is 13.4. The Morgan fingerprint density at radius 1 is 1.44 bits per heavy atom. The lowest BCUT2D eigenvalue weighted by atomic mass is 10.2. The zero-order valence-corrected chi connectivity index (χ0v) is 14.6. The number of urea groups is 1. The van der Waals surface area contributed by atoms with Gasteiger partial charge in [-0.2, -0.15) is 0 Å². The van der Waals surface area contributed by atoms with Gasteiger partial charge in [0.2, 0.25) is 0 Å². The molecule has 3 rings (SSSR count). The number of ether oxygens (including phenoxy) is 1. The number of anilines is 1.